The Hall–Kier alpha value is -2.37. The van der Waals surface area contributed by atoms with Gasteiger partial charge in [-0.25, -0.2) is 0 Å². The fraction of sp³-hybridized carbons (Fsp3) is 0.350. The average Bonchev–Trinajstić information content (AvgIpc) is 3.30. The lowest BCUT2D eigenvalue weighted by molar-refractivity contribution is -0.780. The van der Waals surface area contributed by atoms with Crippen LogP contribution < -0.4 is 4.74 Å². The van der Waals surface area contributed by atoms with Gasteiger partial charge in [0.2, 0.25) is 6.04 Å². The van der Waals surface area contributed by atoms with E-state index in [0.29, 0.717) is 6.61 Å². The first kappa shape index (κ1) is 16.1. The largest absolute Gasteiger partial charge is 0.489 e. The Bertz CT molecular complexity index is 750. The molecule has 2 heterocycles. The molecule has 130 valence electrons. The number of hydrogen-bond acceptors (Lipinski definition) is 4. The van der Waals surface area contributed by atoms with Crippen LogP contribution in [0.5, 0.6) is 5.75 Å². The van der Waals surface area contributed by atoms with Crippen molar-refractivity contribution in [1.29, 1.82) is 0 Å². The van der Waals surface area contributed by atoms with Gasteiger partial charge >= 0.3 is 5.84 Å². The molecule has 1 atom stereocenters. The van der Waals surface area contributed by atoms with Gasteiger partial charge in [-0.2, -0.15) is 0 Å². The van der Waals surface area contributed by atoms with Gasteiger partial charge in [0.05, 0.1) is 13.1 Å². The molecule has 25 heavy (non-hydrogen) atoms. The van der Waals surface area contributed by atoms with Gasteiger partial charge < -0.3 is 9.94 Å². The zero-order valence-corrected chi connectivity index (χ0v) is 14.5. The standard InChI is InChI=1S/C20H23N3O2/c1-22-11-13-23(14-12-22)19(20(23)21-24)17-7-9-18(10-8-17)25-15-16-5-3-2-4-6-16/h2-10,19H,11-15H2,1H3/p+1. The molecule has 1 unspecified atom stereocenters. The highest BCUT2D eigenvalue weighted by atomic mass is 16.5. The topological polar surface area (TPSA) is 45.1 Å². The summed E-state index contributed by atoms with van der Waals surface area (Å²) < 4.78 is 6.67. The maximum atomic E-state index is 9.42. The fourth-order valence-corrected chi connectivity index (χ4v) is 3.82. The second-order valence-corrected chi connectivity index (χ2v) is 6.99. The summed E-state index contributed by atoms with van der Waals surface area (Å²) in [6.07, 6.45) is 0. The third-order valence-electron chi connectivity index (χ3n) is 5.44. The van der Waals surface area contributed by atoms with Crippen molar-refractivity contribution in [3.63, 3.8) is 0 Å². The van der Waals surface area contributed by atoms with Crippen molar-refractivity contribution in [1.82, 2.24) is 4.90 Å². The highest BCUT2D eigenvalue weighted by Gasteiger charge is 2.66. The van der Waals surface area contributed by atoms with Crippen LogP contribution in [0.4, 0.5) is 0 Å². The minimum Gasteiger partial charge on any atom is -0.489 e. The minimum absolute atomic E-state index is 0.196. The molecule has 1 N–H and O–H groups in total. The van der Waals surface area contributed by atoms with Gasteiger partial charge in [-0.15, -0.1) is 0 Å². The lowest BCUT2D eigenvalue weighted by Gasteiger charge is -2.29. The van der Waals surface area contributed by atoms with Crippen LogP contribution in [0.2, 0.25) is 0 Å². The molecule has 2 aromatic carbocycles. The zero-order chi connectivity index (χ0) is 17.3. The van der Waals surface area contributed by atoms with Gasteiger partial charge in [-0.1, -0.05) is 30.3 Å². The molecule has 2 saturated heterocycles. The number of piperazine rings is 1. The van der Waals surface area contributed by atoms with Gasteiger partial charge in [-0.3, -0.25) is 9.38 Å². The summed E-state index contributed by atoms with van der Waals surface area (Å²) in [6.45, 7) is 4.65. The molecule has 2 aliphatic rings. The molecule has 5 heteroatoms. The first-order valence-corrected chi connectivity index (χ1v) is 8.77. The van der Waals surface area contributed by atoms with E-state index in [-0.39, 0.29) is 6.04 Å². The SMILES string of the molecule is CN1CC[N+]2(CC1)C(=NO)C2c1ccc(OCc2ccccc2)cc1. The zero-order valence-electron chi connectivity index (χ0n) is 14.5. The van der Waals surface area contributed by atoms with Crippen molar-refractivity contribution in [3.05, 3.63) is 65.7 Å². The number of likely N-dealkylation sites (N-methyl/N-ethyl adjacent to an activating group) is 1. The minimum atomic E-state index is 0.196. The molecule has 2 aromatic rings. The molecule has 2 aliphatic heterocycles. The number of quaternary nitrogens is 1. The summed E-state index contributed by atoms with van der Waals surface area (Å²) in [5.41, 5.74) is 2.36. The lowest BCUT2D eigenvalue weighted by atomic mass is 10.1. The van der Waals surface area contributed by atoms with E-state index in [9.17, 15) is 5.21 Å². The molecule has 0 amide bonds. The molecule has 0 radical (unpaired) electrons. The van der Waals surface area contributed by atoms with Crippen molar-refractivity contribution < 1.29 is 14.4 Å². The maximum absolute atomic E-state index is 9.42. The van der Waals surface area contributed by atoms with E-state index in [1.54, 1.807) is 0 Å². The summed E-state index contributed by atoms with van der Waals surface area (Å²) in [7, 11) is 2.14. The second kappa shape index (κ2) is 6.50. The van der Waals surface area contributed by atoms with Crippen LogP contribution in [-0.4, -0.2) is 53.7 Å². The van der Waals surface area contributed by atoms with E-state index >= 15 is 0 Å². The van der Waals surface area contributed by atoms with E-state index in [4.69, 9.17) is 4.74 Å². The van der Waals surface area contributed by atoms with Crippen molar-refractivity contribution in [3.8, 4) is 5.75 Å². The van der Waals surface area contributed by atoms with E-state index in [2.05, 4.69) is 41.4 Å². The third kappa shape index (κ3) is 3.01. The first-order valence-electron chi connectivity index (χ1n) is 8.77. The molecular weight excluding hydrogens is 314 g/mol. The van der Waals surface area contributed by atoms with Gasteiger partial charge in [-0.05, 0) is 42.0 Å². The van der Waals surface area contributed by atoms with Crippen LogP contribution in [0.3, 0.4) is 0 Å². The van der Waals surface area contributed by atoms with E-state index in [1.807, 2.05) is 30.3 Å². The molecule has 0 aromatic heterocycles. The molecule has 5 nitrogen and oxygen atoms in total. The summed E-state index contributed by atoms with van der Waals surface area (Å²) in [4.78, 5) is 2.33. The van der Waals surface area contributed by atoms with Crippen LogP contribution in [0.1, 0.15) is 17.2 Å². The summed E-state index contributed by atoms with van der Waals surface area (Å²) >= 11 is 0. The third-order valence-corrected chi connectivity index (χ3v) is 5.44. The van der Waals surface area contributed by atoms with Crippen LogP contribution in [0.15, 0.2) is 59.8 Å². The Labute approximate surface area is 148 Å². The summed E-state index contributed by atoms with van der Waals surface area (Å²) in [6, 6.07) is 18.6. The number of oxime groups is 1. The van der Waals surface area contributed by atoms with Crippen LogP contribution >= 0.6 is 0 Å². The number of ether oxygens (including phenoxy) is 1. The molecule has 1 spiro atoms. The highest BCUT2D eigenvalue weighted by Crippen LogP contribution is 2.48. The van der Waals surface area contributed by atoms with Gasteiger partial charge in [0.1, 0.15) is 12.4 Å². The summed E-state index contributed by atoms with van der Waals surface area (Å²) in [5.74, 6) is 1.76. The van der Waals surface area contributed by atoms with Gasteiger partial charge in [0.25, 0.3) is 0 Å². The van der Waals surface area contributed by atoms with Crippen LogP contribution in [0, 0.1) is 0 Å². The summed E-state index contributed by atoms with van der Waals surface area (Å²) in [5, 5.41) is 13.0. The Balaban J connectivity index is 1.44. The number of nitrogens with zero attached hydrogens (tertiary/aromatic N) is 3. The molecule has 0 aliphatic carbocycles. The van der Waals surface area contributed by atoms with E-state index < -0.39 is 0 Å². The molecule has 0 saturated carbocycles. The monoisotopic (exact) mass is 338 g/mol. The molecular formula is C20H24N3O2+. The second-order valence-electron chi connectivity index (χ2n) is 6.99. The molecule has 4 rings (SSSR count). The quantitative estimate of drug-likeness (QED) is 0.403. The van der Waals surface area contributed by atoms with Crippen molar-refractivity contribution >= 4 is 5.84 Å². The maximum Gasteiger partial charge on any atom is 0.302 e. The van der Waals surface area contributed by atoms with Crippen LogP contribution in [-0.2, 0) is 6.61 Å². The first-order chi connectivity index (χ1) is 12.2. The van der Waals surface area contributed by atoms with Crippen molar-refractivity contribution in [2.24, 2.45) is 5.16 Å². The predicted molar refractivity (Wildman–Crippen MR) is 96.7 cm³/mol. The lowest BCUT2D eigenvalue weighted by Crippen LogP contribution is -2.47. The molecule has 2 fully saturated rings. The van der Waals surface area contributed by atoms with Gasteiger partial charge in [0.15, 0.2) is 0 Å². The predicted octanol–water partition coefficient (Wildman–Crippen LogP) is 2.87. The van der Waals surface area contributed by atoms with Crippen LogP contribution in [0.25, 0.3) is 0 Å². The Kier molecular flexibility index (Phi) is 4.19. The highest BCUT2D eigenvalue weighted by molar-refractivity contribution is 5.92. The Morgan fingerprint density at radius 1 is 1.08 bits per heavy atom. The number of hydrogen-bond donors (Lipinski definition) is 1. The molecule has 0 bridgehead atoms. The normalized spacial score (nSPS) is 23.7. The van der Waals surface area contributed by atoms with E-state index in [0.717, 1.165) is 47.8 Å². The number of amidine groups is 1. The average molecular weight is 338 g/mol. The smallest absolute Gasteiger partial charge is 0.302 e. The van der Waals surface area contributed by atoms with Crippen molar-refractivity contribution in [2.75, 3.05) is 33.2 Å². The number of benzene rings is 2. The van der Waals surface area contributed by atoms with Crippen molar-refractivity contribution in [2.45, 2.75) is 12.6 Å². The Morgan fingerprint density at radius 2 is 1.76 bits per heavy atom. The Morgan fingerprint density at radius 3 is 2.40 bits per heavy atom. The fourth-order valence-electron chi connectivity index (χ4n) is 3.82. The van der Waals surface area contributed by atoms with Gasteiger partial charge in [0, 0.05) is 18.7 Å². The number of rotatable bonds is 4. The van der Waals surface area contributed by atoms with E-state index in [1.165, 1.54) is 5.56 Å².